The molecule has 1 atom stereocenters. The number of nitrogens with zero attached hydrogens (tertiary/aromatic N) is 3. The van der Waals surface area contributed by atoms with Gasteiger partial charge in [0, 0.05) is 38.0 Å². The third kappa shape index (κ3) is 10.6. The van der Waals surface area contributed by atoms with E-state index in [1.54, 1.807) is 18.4 Å². The molecule has 1 saturated heterocycles. The summed E-state index contributed by atoms with van der Waals surface area (Å²) in [4.78, 5) is 51.1. The van der Waals surface area contributed by atoms with E-state index >= 15 is 0 Å². The van der Waals surface area contributed by atoms with Gasteiger partial charge in [0.2, 0.25) is 0 Å². The molecule has 1 aliphatic heterocycles. The summed E-state index contributed by atoms with van der Waals surface area (Å²) in [5.41, 5.74) is 0.851. The second-order valence-electron chi connectivity index (χ2n) is 7.57. The minimum Gasteiger partial charge on any atom is -0.473 e. The van der Waals surface area contributed by atoms with Gasteiger partial charge >= 0.3 is 23.9 Å². The van der Waals surface area contributed by atoms with E-state index in [0.717, 1.165) is 23.8 Å². The van der Waals surface area contributed by atoms with Crippen LogP contribution in [0.4, 0.5) is 4.79 Å². The summed E-state index contributed by atoms with van der Waals surface area (Å²) in [7, 11) is 3.03. The fourth-order valence-corrected chi connectivity index (χ4v) is 3.59. The molecule has 1 unspecified atom stereocenters. The van der Waals surface area contributed by atoms with Crippen LogP contribution in [0, 0.1) is 0 Å². The van der Waals surface area contributed by atoms with E-state index in [4.69, 9.17) is 29.3 Å². The number of amides is 2. The third-order valence-electron chi connectivity index (χ3n) is 4.61. The lowest BCUT2D eigenvalue weighted by Gasteiger charge is -2.28. The summed E-state index contributed by atoms with van der Waals surface area (Å²) in [6, 6.07) is -0.985. The van der Waals surface area contributed by atoms with Crippen LogP contribution in [0.15, 0.2) is 5.38 Å². The lowest BCUT2D eigenvalue weighted by Crippen LogP contribution is -2.48. The molecule has 0 saturated carbocycles. The van der Waals surface area contributed by atoms with Gasteiger partial charge in [0.05, 0.1) is 37.6 Å². The average molecular weight is 489 g/mol. The highest BCUT2D eigenvalue weighted by molar-refractivity contribution is 7.09. The average Bonchev–Trinajstić information content (AvgIpc) is 3.25. The first kappa shape index (κ1) is 28.3. The number of morpholine rings is 1. The topological polar surface area (TPSA) is 159 Å². The molecule has 0 radical (unpaired) electrons. The second kappa shape index (κ2) is 14.4. The van der Waals surface area contributed by atoms with Gasteiger partial charge in [-0.1, -0.05) is 13.8 Å². The van der Waals surface area contributed by atoms with Gasteiger partial charge in [-0.15, -0.1) is 11.3 Å². The number of urea groups is 1. The maximum Gasteiger partial charge on any atom is 0.414 e. The molecule has 0 bridgehead atoms. The summed E-state index contributed by atoms with van der Waals surface area (Å²) in [5, 5.41) is 20.6. The molecule has 186 valence electrons. The Kier molecular flexibility index (Phi) is 12.3. The van der Waals surface area contributed by atoms with Gasteiger partial charge in [-0.05, 0) is 6.42 Å². The van der Waals surface area contributed by atoms with Crippen molar-refractivity contribution >= 4 is 35.3 Å². The van der Waals surface area contributed by atoms with E-state index in [1.807, 2.05) is 5.38 Å². The smallest absolute Gasteiger partial charge is 0.414 e. The number of ether oxygens (including phenoxy) is 2. The molecule has 0 spiro atoms. The van der Waals surface area contributed by atoms with E-state index < -0.39 is 23.9 Å². The first-order valence-corrected chi connectivity index (χ1v) is 11.2. The fourth-order valence-electron chi connectivity index (χ4n) is 2.76. The van der Waals surface area contributed by atoms with Crippen LogP contribution in [0.2, 0.25) is 0 Å². The molecule has 13 heteroatoms. The number of carbonyl (C=O) groups excluding carboxylic acids is 2. The zero-order valence-corrected chi connectivity index (χ0v) is 20.1. The minimum absolute atomic E-state index is 0.313. The molecule has 2 rings (SSSR count). The number of rotatable bonds is 8. The number of hydrogen-bond donors (Lipinski definition) is 3. The van der Waals surface area contributed by atoms with Gasteiger partial charge in [-0.3, -0.25) is 4.90 Å². The lowest BCUT2D eigenvalue weighted by atomic mass is 10.2. The van der Waals surface area contributed by atoms with Crippen molar-refractivity contribution in [3.05, 3.63) is 16.1 Å². The van der Waals surface area contributed by atoms with Crippen LogP contribution in [0.3, 0.4) is 0 Å². The van der Waals surface area contributed by atoms with Crippen molar-refractivity contribution in [1.29, 1.82) is 0 Å². The van der Waals surface area contributed by atoms with E-state index in [9.17, 15) is 9.59 Å². The van der Waals surface area contributed by atoms with Gasteiger partial charge in [0.15, 0.2) is 0 Å². The Balaban J connectivity index is 0.000000801. The molecule has 1 aromatic rings. The normalized spacial score (nSPS) is 14.6. The van der Waals surface area contributed by atoms with E-state index in [0.29, 0.717) is 38.6 Å². The Morgan fingerprint density at radius 3 is 2.33 bits per heavy atom. The van der Waals surface area contributed by atoms with Crippen LogP contribution < -0.4 is 5.32 Å². The predicted molar refractivity (Wildman–Crippen MR) is 119 cm³/mol. The number of esters is 1. The van der Waals surface area contributed by atoms with Crippen LogP contribution in [-0.4, -0.2) is 102 Å². The molecule has 3 N–H and O–H groups in total. The van der Waals surface area contributed by atoms with Crippen LogP contribution in [-0.2, 0) is 30.4 Å². The highest BCUT2D eigenvalue weighted by atomic mass is 32.1. The first-order valence-electron chi connectivity index (χ1n) is 10.3. The highest BCUT2D eigenvalue weighted by Gasteiger charge is 2.24. The van der Waals surface area contributed by atoms with Gasteiger partial charge in [0.1, 0.15) is 6.04 Å². The Labute approximate surface area is 196 Å². The number of aliphatic carboxylic acids is 2. The number of carboxylic acid groups (broad SMARTS) is 2. The Hall–Kier alpha value is -2.77. The standard InChI is InChI=1S/C18H30N4O4S.C2H2O4/c1-13(2)16-19-14(12-27-16)11-21(3)18(24)20-15(17(23)25-4)5-6-22-7-9-26-10-8-22;3-1(4)2(5)6/h12-13,15H,5-11H2,1-4H3,(H,20,24);(H,3,4)(H,5,6). The number of thiazole rings is 1. The summed E-state index contributed by atoms with van der Waals surface area (Å²) < 4.78 is 10.2. The predicted octanol–water partition coefficient (Wildman–Crippen LogP) is 0.827. The molecule has 1 fully saturated rings. The van der Waals surface area contributed by atoms with Crippen molar-refractivity contribution in [3.63, 3.8) is 0 Å². The van der Waals surface area contributed by atoms with Crippen LogP contribution >= 0.6 is 11.3 Å². The van der Waals surface area contributed by atoms with Gasteiger partial charge in [0.25, 0.3) is 0 Å². The van der Waals surface area contributed by atoms with Crippen molar-refractivity contribution in [2.75, 3.05) is 47.0 Å². The molecular formula is C20H32N4O8S. The monoisotopic (exact) mass is 488 g/mol. The maximum absolute atomic E-state index is 12.5. The van der Waals surface area contributed by atoms with Crippen LogP contribution in [0.25, 0.3) is 0 Å². The quantitative estimate of drug-likeness (QED) is 0.353. The summed E-state index contributed by atoms with van der Waals surface area (Å²) in [5.74, 6) is -3.71. The third-order valence-corrected chi connectivity index (χ3v) is 5.81. The number of aromatic nitrogens is 1. The van der Waals surface area contributed by atoms with Gasteiger partial charge in [-0.2, -0.15) is 0 Å². The minimum atomic E-state index is -1.82. The van der Waals surface area contributed by atoms with Crippen molar-refractivity contribution in [1.82, 2.24) is 20.1 Å². The number of nitrogens with one attached hydrogen (secondary N) is 1. The zero-order valence-electron chi connectivity index (χ0n) is 19.3. The summed E-state index contributed by atoms with van der Waals surface area (Å²) in [6.45, 7) is 8.35. The Morgan fingerprint density at radius 1 is 1.24 bits per heavy atom. The highest BCUT2D eigenvalue weighted by Crippen LogP contribution is 2.19. The first-order chi connectivity index (χ1) is 15.5. The number of methoxy groups -OCH3 is 1. The zero-order chi connectivity index (χ0) is 25.0. The lowest BCUT2D eigenvalue weighted by molar-refractivity contribution is -0.159. The van der Waals surface area contributed by atoms with Crippen LogP contribution in [0.1, 0.15) is 36.9 Å². The number of carbonyl (C=O) groups is 4. The number of carboxylic acids is 2. The second-order valence-corrected chi connectivity index (χ2v) is 8.46. The molecule has 1 aromatic heterocycles. The van der Waals surface area contributed by atoms with E-state index in [1.165, 1.54) is 12.0 Å². The van der Waals surface area contributed by atoms with Gasteiger partial charge in [-0.25, -0.2) is 24.2 Å². The molecule has 33 heavy (non-hydrogen) atoms. The van der Waals surface area contributed by atoms with Crippen LogP contribution in [0.5, 0.6) is 0 Å². The molecule has 1 aliphatic rings. The Morgan fingerprint density at radius 2 is 1.85 bits per heavy atom. The molecule has 0 aromatic carbocycles. The molecule has 12 nitrogen and oxygen atoms in total. The van der Waals surface area contributed by atoms with Crippen molar-refractivity contribution < 1.29 is 38.9 Å². The molecular weight excluding hydrogens is 456 g/mol. The van der Waals surface area contributed by atoms with Crippen molar-refractivity contribution in [2.24, 2.45) is 0 Å². The molecule has 2 heterocycles. The van der Waals surface area contributed by atoms with E-state index in [2.05, 4.69) is 29.0 Å². The summed E-state index contributed by atoms with van der Waals surface area (Å²) in [6.07, 6.45) is 0.500. The van der Waals surface area contributed by atoms with E-state index in [-0.39, 0.29) is 6.03 Å². The van der Waals surface area contributed by atoms with Crippen molar-refractivity contribution in [2.45, 2.75) is 38.8 Å². The van der Waals surface area contributed by atoms with Crippen molar-refractivity contribution in [3.8, 4) is 0 Å². The summed E-state index contributed by atoms with van der Waals surface area (Å²) >= 11 is 1.60. The maximum atomic E-state index is 12.5. The number of hydrogen-bond acceptors (Lipinski definition) is 9. The molecule has 0 aliphatic carbocycles. The largest absolute Gasteiger partial charge is 0.473 e. The Bertz CT molecular complexity index is 783. The van der Waals surface area contributed by atoms with Gasteiger partial charge < -0.3 is 29.9 Å². The fraction of sp³-hybridized carbons (Fsp3) is 0.650. The molecule has 2 amide bonds. The SMILES string of the molecule is COC(=O)C(CCN1CCOCC1)NC(=O)N(C)Cc1csc(C(C)C)n1.O=C(O)C(=O)O.